The van der Waals surface area contributed by atoms with Crippen LogP contribution in [0.25, 0.3) is 0 Å². The topological polar surface area (TPSA) is 47.1 Å². The molecule has 1 aromatic rings. The van der Waals surface area contributed by atoms with Crippen molar-refractivity contribution in [3.63, 3.8) is 0 Å². The summed E-state index contributed by atoms with van der Waals surface area (Å²) in [5, 5.41) is 4.25. The third kappa shape index (κ3) is 2.82. The Morgan fingerprint density at radius 3 is 2.86 bits per heavy atom. The Balaban J connectivity index is 2.68. The van der Waals surface area contributed by atoms with Gasteiger partial charge in [-0.25, -0.2) is 0 Å². The maximum Gasteiger partial charge on any atom is 0.0595 e. The summed E-state index contributed by atoms with van der Waals surface area (Å²) in [6.45, 7) is 3.95. The molecule has 1 atom stereocenters. The van der Waals surface area contributed by atoms with Gasteiger partial charge in [-0.2, -0.15) is 5.10 Å². The van der Waals surface area contributed by atoms with E-state index in [0.29, 0.717) is 0 Å². The number of hydrogen-bond donors (Lipinski definition) is 1. The Labute approximate surface area is 85.7 Å². The lowest BCUT2D eigenvalue weighted by molar-refractivity contribution is 0.365. The molecule has 0 saturated carbocycles. The highest BCUT2D eigenvalue weighted by atomic mass is 15.3. The van der Waals surface area contributed by atoms with Gasteiger partial charge in [0, 0.05) is 19.3 Å². The van der Waals surface area contributed by atoms with E-state index in [9.17, 15) is 0 Å². The van der Waals surface area contributed by atoms with Gasteiger partial charge in [0.05, 0.1) is 11.7 Å². The minimum atomic E-state index is 0.0547. The predicted octanol–water partition coefficient (Wildman–Crippen LogP) is 0.855. The number of rotatable bonds is 5. The molecule has 0 radical (unpaired) electrons. The Kier molecular flexibility index (Phi) is 4.10. The zero-order valence-electron chi connectivity index (χ0n) is 9.27. The molecule has 4 nitrogen and oxygen atoms in total. The van der Waals surface area contributed by atoms with Crippen molar-refractivity contribution in [2.75, 3.05) is 20.6 Å². The monoisotopic (exact) mass is 196 g/mol. The molecule has 0 fully saturated rings. The van der Waals surface area contributed by atoms with Gasteiger partial charge < -0.3 is 10.6 Å². The summed E-state index contributed by atoms with van der Waals surface area (Å²) in [6, 6.07) is 2.06. The molecule has 14 heavy (non-hydrogen) atoms. The van der Waals surface area contributed by atoms with E-state index in [4.69, 9.17) is 5.73 Å². The lowest BCUT2D eigenvalue weighted by Crippen LogP contribution is -2.28. The molecule has 0 bridgehead atoms. The largest absolute Gasteiger partial charge is 0.322 e. The van der Waals surface area contributed by atoms with E-state index in [1.807, 2.05) is 31.0 Å². The number of aryl methyl sites for hydroxylation is 1. The number of aromatic nitrogens is 2. The normalized spacial score (nSPS) is 13.5. The number of likely N-dealkylation sites (N-methyl/N-ethyl adjacent to an activating group) is 1. The van der Waals surface area contributed by atoms with Crippen LogP contribution in [0.1, 0.15) is 25.1 Å². The van der Waals surface area contributed by atoms with Crippen molar-refractivity contribution in [1.29, 1.82) is 0 Å². The molecule has 4 heteroatoms. The van der Waals surface area contributed by atoms with Crippen molar-refractivity contribution >= 4 is 0 Å². The van der Waals surface area contributed by atoms with Gasteiger partial charge in [0.25, 0.3) is 0 Å². The van der Waals surface area contributed by atoms with E-state index >= 15 is 0 Å². The minimum Gasteiger partial charge on any atom is -0.322 e. The summed E-state index contributed by atoms with van der Waals surface area (Å²) >= 11 is 0. The second-order valence-corrected chi connectivity index (χ2v) is 3.85. The van der Waals surface area contributed by atoms with Gasteiger partial charge in [-0.1, -0.05) is 6.92 Å². The third-order valence-electron chi connectivity index (χ3n) is 2.13. The zero-order valence-corrected chi connectivity index (χ0v) is 9.27. The average Bonchev–Trinajstić information content (AvgIpc) is 2.51. The maximum atomic E-state index is 6.07. The first-order valence-electron chi connectivity index (χ1n) is 5.07. The van der Waals surface area contributed by atoms with Crippen molar-refractivity contribution in [3.8, 4) is 0 Å². The van der Waals surface area contributed by atoms with Crippen molar-refractivity contribution in [3.05, 3.63) is 18.0 Å². The van der Waals surface area contributed by atoms with E-state index in [2.05, 4.69) is 16.9 Å². The van der Waals surface area contributed by atoms with Gasteiger partial charge in [0.1, 0.15) is 0 Å². The zero-order chi connectivity index (χ0) is 10.6. The van der Waals surface area contributed by atoms with Crippen molar-refractivity contribution in [1.82, 2.24) is 14.7 Å². The summed E-state index contributed by atoms with van der Waals surface area (Å²) < 4.78 is 1.99. The quantitative estimate of drug-likeness (QED) is 0.759. The highest BCUT2D eigenvalue weighted by Crippen LogP contribution is 2.10. The fourth-order valence-corrected chi connectivity index (χ4v) is 1.54. The molecule has 0 amide bonds. The summed E-state index contributed by atoms with van der Waals surface area (Å²) in [5.74, 6) is 0. The molecule has 80 valence electrons. The lowest BCUT2D eigenvalue weighted by atomic mass is 10.2. The average molecular weight is 196 g/mol. The van der Waals surface area contributed by atoms with E-state index in [0.717, 1.165) is 25.2 Å². The fourth-order valence-electron chi connectivity index (χ4n) is 1.54. The van der Waals surface area contributed by atoms with Crippen LogP contribution in [0.5, 0.6) is 0 Å². The number of hydrogen-bond acceptors (Lipinski definition) is 3. The number of nitrogens with two attached hydrogens (primary N) is 1. The van der Waals surface area contributed by atoms with Gasteiger partial charge in [-0.15, -0.1) is 0 Å². The molecule has 0 aromatic carbocycles. The van der Waals surface area contributed by atoms with Crippen LogP contribution < -0.4 is 5.73 Å². The highest BCUT2D eigenvalue weighted by Gasteiger charge is 2.11. The van der Waals surface area contributed by atoms with Crippen LogP contribution in [0.2, 0.25) is 0 Å². The first kappa shape index (κ1) is 11.2. The van der Waals surface area contributed by atoms with E-state index in [-0.39, 0.29) is 6.04 Å². The summed E-state index contributed by atoms with van der Waals surface area (Å²) in [6.07, 6.45) is 2.91. The summed E-state index contributed by atoms with van der Waals surface area (Å²) in [5.41, 5.74) is 7.19. The van der Waals surface area contributed by atoms with Gasteiger partial charge in [-0.05, 0) is 26.6 Å². The van der Waals surface area contributed by atoms with Crippen molar-refractivity contribution in [2.45, 2.75) is 25.9 Å². The second-order valence-electron chi connectivity index (χ2n) is 3.85. The van der Waals surface area contributed by atoms with Gasteiger partial charge in [-0.3, -0.25) is 4.68 Å². The van der Waals surface area contributed by atoms with Crippen LogP contribution in [0, 0.1) is 0 Å². The molecule has 1 unspecified atom stereocenters. The van der Waals surface area contributed by atoms with E-state index < -0.39 is 0 Å². The van der Waals surface area contributed by atoms with Crippen LogP contribution in [0.4, 0.5) is 0 Å². The number of nitrogens with zero attached hydrogens (tertiary/aromatic N) is 3. The Bertz CT molecular complexity index is 267. The molecule has 1 heterocycles. The molecule has 0 spiro atoms. The Hall–Kier alpha value is -0.870. The van der Waals surface area contributed by atoms with Gasteiger partial charge in [0.2, 0.25) is 0 Å². The van der Waals surface area contributed by atoms with Crippen LogP contribution >= 0.6 is 0 Å². The molecule has 1 rings (SSSR count). The Morgan fingerprint density at radius 1 is 1.57 bits per heavy atom. The highest BCUT2D eigenvalue weighted by molar-refractivity contribution is 5.06. The molecule has 0 saturated heterocycles. The van der Waals surface area contributed by atoms with E-state index in [1.54, 1.807) is 0 Å². The van der Waals surface area contributed by atoms with Crippen molar-refractivity contribution in [2.24, 2.45) is 5.73 Å². The smallest absolute Gasteiger partial charge is 0.0595 e. The molecular formula is C10H20N4. The van der Waals surface area contributed by atoms with Gasteiger partial charge in [0.15, 0.2) is 0 Å². The molecule has 0 aliphatic rings. The molecule has 1 aromatic heterocycles. The second kappa shape index (κ2) is 5.12. The minimum absolute atomic E-state index is 0.0547. The summed E-state index contributed by atoms with van der Waals surface area (Å²) in [7, 11) is 4.06. The first-order valence-corrected chi connectivity index (χ1v) is 5.07. The van der Waals surface area contributed by atoms with Crippen LogP contribution in [0.15, 0.2) is 12.3 Å². The van der Waals surface area contributed by atoms with Crippen LogP contribution in [0.3, 0.4) is 0 Å². The molecule has 0 aliphatic carbocycles. The third-order valence-corrected chi connectivity index (χ3v) is 2.13. The standard InChI is InChI=1S/C10H20N4/c1-4-7-14-10(5-6-12-14)9(11)8-13(2)3/h5-6,9H,4,7-8,11H2,1-3H3. The van der Waals surface area contributed by atoms with E-state index in [1.165, 1.54) is 0 Å². The molecular weight excluding hydrogens is 176 g/mol. The summed E-state index contributed by atoms with van der Waals surface area (Å²) in [4.78, 5) is 2.09. The fraction of sp³-hybridized carbons (Fsp3) is 0.700. The van der Waals surface area contributed by atoms with Crippen molar-refractivity contribution < 1.29 is 0 Å². The molecule has 2 N–H and O–H groups in total. The lowest BCUT2D eigenvalue weighted by Gasteiger charge is -2.17. The Morgan fingerprint density at radius 2 is 2.29 bits per heavy atom. The van der Waals surface area contributed by atoms with Gasteiger partial charge >= 0.3 is 0 Å². The van der Waals surface area contributed by atoms with Crippen LogP contribution in [-0.2, 0) is 6.54 Å². The SMILES string of the molecule is CCCn1nccc1C(N)CN(C)C. The predicted molar refractivity (Wildman–Crippen MR) is 58.0 cm³/mol. The van der Waals surface area contributed by atoms with Crippen LogP contribution in [-0.4, -0.2) is 35.3 Å². The first-order chi connectivity index (χ1) is 6.65. The molecule has 0 aliphatic heterocycles. The maximum absolute atomic E-state index is 6.07.